The van der Waals surface area contributed by atoms with Gasteiger partial charge in [0, 0.05) is 27.1 Å². The molecule has 2 heteroatoms. The summed E-state index contributed by atoms with van der Waals surface area (Å²) in [7, 11) is 0. The quantitative estimate of drug-likeness (QED) is 0.174. The van der Waals surface area contributed by atoms with Gasteiger partial charge in [-0.25, -0.2) is 4.98 Å². The first-order chi connectivity index (χ1) is 25.3. The maximum atomic E-state index is 5.37. The third kappa shape index (κ3) is 4.08. The van der Waals surface area contributed by atoms with Crippen LogP contribution in [0.5, 0.6) is 0 Å². The Balaban J connectivity index is 1.35. The van der Waals surface area contributed by atoms with Crippen LogP contribution in [0.25, 0.3) is 82.3 Å². The number of benzene rings is 8. The molecule has 0 bridgehead atoms. The lowest BCUT2D eigenvalue weighted by Crippen LogP contribution is -2.01. The molecular weight excluding hydrogens is 617 g/mol. The van der Waals surface area contributed by atoms with Gasteiger partial charge in [-0.1, -0.05) is 164 Å². The highest BCUT2D eigenvalue weighted by Crippen LogP contribution is 2.50. The summed E-state index contributed by atoms with van der Waals surface area (Å²) in [5.74, 6) is 0. The van der Waals surface area contributed by atoms with Crippen molar-refractivity contribution in [1.82, 2.24) is 9.55 Å². The van der Waals surface area contributed by atoms with Crippen LogP contribution >= 0.6 is 0 Å². The van der Waals surface area contributed by atoms with Gasteiger partial charge in [0.15, 0.2) is 0 Å². The molecule has 1 aliphatic rings. The number of pyridine rings is 1. The minimum Gasteiger partial charge on any atom is -0.308 e. The molecule has 0 saturated heterocycles. The van der Waals surface area contributed by atoms with Gasteiger partial charge in [-0.2, -0.15) is 0 Å². The minimum atomic E-state index is 0.963. The van der Waals surface area contributed by atoms with Gasteiger partial charge in [-0.15, -0.1) is 0 Å². The molecule has 0 spiro atoms. The standard InChI is InChI=1S/C49H30N2/c1-4-15-32(16-5-1)40-30-43(37-28-26-31-14-10-11-22-36(31)49(37)50-40)51-41-25-13-24-39-45(34-19-8-3-9-20-34)44(33-17-6-2-7-18-33)38-23-12-21-35-27-29-42(51)48(46(35)38)47(39)41/h1-30H. The summed E-state index contributed by atoms with van der Waals surface area (Å²) in [6.45, 7) is 0. The van der Waals surface area contributed by atoms with Crippen molar-refractivity contribution in [2.75, 3.05) is 0 Å². The monoisotopic (exact) mass is 646 g/mol. The number of fused-ring (bicyclic) bond motifs is 3. The van der Waals surface area contributed by atoms with E-state index in [9.17, 15) is 0 Å². The Morgan fingerprint density at radius 1 is 0.373 bits per heavy atom. The maximum Gasteiger partial charge on any atom is 0.0808 e. The zero-order valence-electron chi connectivity index (χ0n) is 27.7. The second kappa shape index (κ2) is 10.9. The highest BCUT2D eigenvalue weighted by Gasteiger charge is 2.28. The zero-order valence-corrected chi connectivity index (χ0v) is 27.7. The summed E-state index contributed by atoms with van der Waals surface area (Å²) < 4.78 is 2.51. The number of rotatable bonds is 4. The summed E-state index contributed by atoms with van der Waals surface area (Å²) >= 11 is 0. The molecule has 0 unspecified atom stereocenters. The van der Waals surface area contributed by atoms with Gasteiger partial charge in [0.1, 0.15) is 0 Å². The topological polar surface area (TPSA) is 17.8 Å². The Morgan fingerprint density at radius 2 is 0.941 bits per heavy atom. The van der Waals surface area contributed by atoms with E-state index in [2.05, 4.69) is 187 Å². The predicted molar refractivity (Wildman–Crippen MR) is 214 cm³/mol. The Labute approximate surface area is 295 Å². The average Bonchev–Trinajstić information content (AvgIpc) is 3.48. The normalized spacial score (nSPS) is 12.6. The van der Waals surface area contributed by atoms with Gasteiger partial charge >= 0.3 is 0 Å². The molecule has 0 saturated carbocycles. The van der Waals surface area contributed by atoms with Crippen LogP contribution in [-0.4, -0.2) is 9.55 Å². The van der Waals surface area contributed by atoms with E-state index < -0.39 is 0 Å². The first kappa shape index (κ1) is 28.1. The van der Waals surface area contributed by atoms with Crippen LogP contribution in [0.4, 0.5) is 0 Å². The lowest BCUT2D eigenvalue weighted by atomic mass is 9.85. The van der Waals surface area contributed by atoms with Crippen molar-refractivity contribution in [2.24, 2.45) is 0 Å². The fourth-order valence-corrected chi connectivity index (χ4v) is 8.57. The van der Waals surface area contributed by atoms with E-state index in [0.29, 0.717) is 0 Å². The molecule has 0 atom stereocenters. The SMILES string of the molecule is c1ccc(C2=C(c3ccccc3)c3cccc4c3c3c5c2cccc5ccc3n4-c2cc(-c3ccccc3)nc3c2ccc2ccccc23)cc1. The zero-order chi connectivity index (χ0) is 33.5. The van der Waals surface area contributed by atoms with Crippen molar-refractivity contribution in [2.45, 2.75) is 0 Å². The number of hydrogen-bond donors (Lipinski definition) is 0. The highest BCUT2D eigenvalue weighted by molar-refractivity contribution is 6.31. The van der Waals surface area contributed by atoms with Crippen LogP contribution in [0.15, 0.2) is 182 Å². The van der Waals surface area contributed by atoms with Crippen LogP contribution in [0.2, 0.25) is 0 Å². The second-order valence-corrected chi connectivity index (χ2v) is 13.5. The van der Waals surface area contributed by atoms with Crippen LogP contribution in [0.3, 0.4) is 0 Å². The molecule has 51 heavy (non-hydrogen) atoms. The maximum absolute atomic E-state index is 5.37. The van der Waals surface area contributed by atoms with Gasteiger partial charge in [-0.05, 0) is 67.8 Å². The minimum absolute atomic E-state index is 0.963. The van der Waals surface area contributed by atoms with Crippen molar-refractivity contribution in [3.63, 3.8) is 0 Å². The molecule has 2 nitrogen and oxygen atoms in total. The molecule has 0 N–H and O–H groups in total. The summed E-state index contributed by atoms with van der Waals surface area (Å²) in [6, 6.07) is 66.2. The Kier molecular flexibility index (Phi) is 5.99. The van der Waals surface area contributed by atoms with Crippen LogP contribution in [0.1, 0.15) is 22.3 Å². The molecule has 0 fully saturated rings. The van der Waals surface area contributed by atoms with E-state index in [1.54, 1.807) is 0 Å². The summed E-state index contributed by atoms with van der Waals surface area (Å²) in [5, 5.41) is 8.59. The summed E-state index contributed by atoms with van der Waals surface area (Å²) in [6.07, 6.45) is 0. The van der Waals surface area contributed by atoms with Crippen molar-refractivity contribution in [3.8, 4) is 16.9 Å². The molecule has 2 aromatic heterocycles. The van der Waals surface area contributed by atoms with Gasteiger partial charge in [0.25, 0.3) is 0 Å². The average molecular weight is 647 g/mol. The van der Waals surface area contributed by atoms with E-state index in [1.165, 1.54) is 71.4 Å². The van der Waals surface area contributed by atoms with Gasteiger partial charge < -0.3 is 4.57 Å². The Hall–Kier alpha value is -6.77. The molecule has 10 aromatic rings. The van der Waals surface area contributed by atoms with Gasteiger partial charge in [0.05, 0.1) is 27.9 Å². The van der Waals surface area contributed by atoms with Crippen LogP contribution in [0, 0.1) is 0 Å². The molecular formula is C49H30N2. The molecule has 236 valence electrons. The summed E-state index contributed by atoms with van der Waals surface area (Å²) in [4.78, 5) is 5.37. The van der Waals surface area contributed by atoms with E-state index in [4.69, 9.17) is 4.98 Å². The third-order valence-electron chi connectivity index (χ3n) is 10.7. The van der Waals surface area contributed by atoms with Crippen molar-refractivity contribution in [3.05, 3.63) is 204 Å². The molecule has 8 aromatic carbocycles. The van der Waals surface area contributed by atoms with Crippen LogP contribution in [-0.2, 0) is 0 Å². The second-order valence-electron chi connectivity index (χ2n) is 13.5. The van der Waals surface area contributed by atoms with E-state index in [0.717, 1.165) is 33.2 Å². The Morgan fingerprint density at radius 3 is 1.67 bits per heavy atom. The fourth-order valence-electron chi connectivity index (χ4n) is 8.57. The van der Waals surface area contributed by atoms with Crippen molar-refractivity contribution in [1.29, 1.82) is 0 Å². The molecule has 11 rings (SSSR count). The lowest BCUT2D eigenvalue weighted by Gasteiger charge is -2.19. The van der Waals surface area contributed by atoms with E-state index >= 15 is 0 Å². The summed E-state index contributed by atoms with van der Waals surface area (Å²) in [5.41, 5.74) is 14.0. The first-order valence-electron chi connectivity index (χ1n) is 17.6. The molecule has 0 aliphatic heterocycles. The highest BCUT2D eigenvalue weighted by atomic mass is 15.0. The molecule has 0 radical (unpaired) electrons. The largest absolute Gasteiger partial charge is 0.308 e. The lowest BCUT2D eigenvalue weighted by molar-refractivity contribution is 1.19. The third-order valence-corrected chi connectivity index (χ3v) is 10.7. The van der Waals surface area contributed by atoms with E-state index in [1.807, 2.05) is 0 Å². The molecule has 0 amide bonds. The van der Waals surface area contributed by atoms with E-state index in [-0.39, 0.29) is 0 Å². The number of hydrogen-bond acceptors (Lipinski definition) is 1. The molecule has 1 aliphatic carbocycles. The number of aromatic nitrogens is 2. The van der Waals surface area contributed by atoms with Gasteiger partial charge in [0.2, 0.25) is 0 Å². The fraction of sp³-hybridized carbons (Fsp3) is 0. The van der Waals surface area contributed by atoms with Gasteiger partial charge in [-0.3, -0.25) is 0 Å². The molecule has 2 heterocycles. The number of nitrogens with zero attached hydrogens (tertiary/aromatic N) is 2. The Bertz CT molecular complexity index is 3040. The van der Waals surface area contributed by atoms with Crippen molar-refractivity contribution < 1.29 is 0 Å². The van der Waals surface area contributed by atoms with Crippen molar-refractivity contribution >= 4 is 65.4 Å². The smallest absolute Gasteiger partial charge is 0.0808 e. The first-order valence-corrected chi connectivity index (χ1v) is 17.6. The predicted octanol–water partition coefficient (Wildman–Crippen LogP) is 12.6. The van der Waals surface area contributed by atoms with Crippen LogP contribution < -0.4 is 0 Å².